The van der Waals surface area contributed by atoms with E-state index in [1.165, 1.54) is 24.3 Å². The van der Waals surface area contributed by atoms with Crippen molar-refractivity contribution in [1.82, 2.24) is 25.2 Å². The molecule has 272 valence electrons. The largest absolute Gasteiger partial charge is 0.508 e. The molecule has 4 atom stereocenters. The quantitative estimate of drug-likeness (QED) is 0.171. The third-order valence-corrected chi connectivity index (χ3v) is 12.0. The topological polar surface area (TPSA) is 86.6 Å². The molecule has 0 amide bonds. The lowest BCUT2D eigenvalue weighted by Gasteiger charge is -2.35. The Labute approximate surface area is 310 Å². The molecule has 4 fully saturated rings. The van der Waals surface area contributed by atoms with E-state index in [0.717, 1.165) is 48.6 Å². The Morgan fingerprint density at radius 3 is 2.56 bits per heavy atom. The van der Waals surface area contributed by atoms with Crippen LogP contribution in [0.15, 0.2) is 66.7 Å². The van der Waals surface area contributed by atoms with E-state index in [0.29, 0.717) is 48.3 Å². The molecule has 6 heterocycles. The number of nitrogens with one attached hydrogen (secondary N) is 1. The van der Waals surface area contributed by atoms with E-state index in [1.54, 1.807) is 0 Å². The molecule has 4 aromatic carbocycles. The SMILES string of the molecule is C#Cc1c(F)ccc2cc(O)cc(-c3nc(-c4cccc5ccccc45)c4c(N5C[C@H]6CC[C@@H](C5)N6)nc(OC[C@@]56CCCN5C[C@H](F)C6)nc4c3F)c12. The number of phenols is 1. The summed E-state index contributed by atoms with van der Waals surface area (Å²) in [5.41, 5.74) is 0.560. The summed E-state index contributed by atoms with van der Waals surface area (Å²) in [4.78, 5) is 19.3. The summed E-state index contributed by atoms with van der Waals surface area (Å²) in [6.07, 6.45) is 9.04. The fourth-order valence-corrected chi connectivity index (χ4v) is 9.60. The summed E-state index contributed by atoms with van der Waals surface area (Å²) < 4.78 is 54.2. The molecule has 0 radical (unpaired) electrons. The van der Waals surface area contributed by atoms with Crippen LogP contribution in [0.3, 0.4) is 0 Å². The number of halogens is 3. The van der Waals surface area contributed by atoms with Crippen LogP contribution < -0.4 is 15.0 Å². The highest BCUT2D eigenvalue weighted by atomic mass is 19.1. The molecule has 4 saturated heterocycles. The van der Waals surface area contributed by atoms with Crippen LogP contribution in [-0.4, -0.2) is 81.5 Å². The van der Waals surface area contributed by atoms with Crippen molar-refractivity contribution in [2.75, 3.05) is 37.7 Å². The first-order chi connectivity index (χ1) is 26.3. The first-order valence-electron chi connectivity index (χ1n) is 18.6. The monoisotopic (exact) mass is 726 g/mol. The zero-order valence-corrected chi connectivity index (χ0v) is 29.5. The first-order valence-corrected chi connectivity index (χ1v) is 18.6. The van der Waals surface area contributed by atoms with Gasteiger partial charge in [-0.2, -0.15) is 9.97 Å². The van der Waals surface area contributed by atoms with Crippen molar-refractivity contribution < 1.29 is 23.0 Å². The van der Waals surface area contributed by atoms with E-state index >= 15 is 8.78 Å². The van der Waals surface area contributed by atoms with Crippen molar-refractivity contribution in [3.8, 4) is 46.6 Å². The smallest absolute Gasteiger partial charge is 0.319 e. The minimum atomic E-state index is -0.942. The molecule has 4 aliphatic heterocycles. The summed E-state index contributed by atoms with van der Waals surface area (Å²) in [5, 5.41) is 17.5. The second-order valence-corrected chi connectivity index (χ2v) is 15.3. The Morgan fingerprint density at radius 1 is 0.907 bits per heavy atom. The number of alkyl halides is 1. The second kappa shape index (κ2) is 12.6. The van der Waals surface area contributed by atoms with Gasteiger partial charge >= 0.3 is 6.01 Å². The van der Waals surface area contributed by atoms with E-state index in [9.17, 15) is 9.50 Å². The molecule has 11 heteroatoms. The normalized spacial score (nSPS) is 23.7. The standard InChI is InChI=1S/C43H37F3N6O2/c1-2-30-34(45)14-11-25-17-29(53)18-33(35(25)30)39-37(46)40-36(38(48-39)32-10-5-8-24-7-3-4-9-31(24)32)41(51-21-27-12-13-28(22-51)47-27)50-42(49-40)54-23-43-15-6-16-52(43)20-26(44)19-43/h1,3-5,7-11,14,17-18,26-28,47,53H,6,12-13,15-16,19-23H2/t26-,27-,28+,43+/m1/s1. The number of ether oxygens (including phenoxy) is 1. The van der Waals surface area contributed by atoms with Crippen LogP contribution in [0.1, 0.15) is 37.7 Å². The Kier molecular flexibility index (Phi) is 7.72. The van der Waals surface area contributed by atoms with Crippen molar-refractivity contribution in [3.05, 3.63) is 83.9 Å². The second-order valence-electron chi connectivity index (χ2n) is 15.3. The molecule has 54 heavy (non-hydrogen) atoms. The van der Waals surface area contributed by atoms with Crippen LogP contribution in [0.5, 0.6) is 11.8 Å². The van der Waals surface area contributed by atoms with Gasteiger partial charge in [-0.25, -0.2) is 18.2 Å². The maximum atomic E-state index is 17.7. The summed E-state index contributed by atoms with van der Waals surface area (Å²) in [6.45, 7) is 2.62. The van der Waals surface area contributed by atoms with Crippen LogP contribution in [-0.2, 0) is 0 Å². The van der Waals surface area contributed by atoms with Gasteiger partial charge in [0.25, 0.3) is 0 Å². The van der Waals surface area contributed by atoms with Gasteiger partial charge in [-0.3, -0.25) is 4.90 Å². The van der Waals surface area contributed by atoms with Crippen LogP contribution >= 0.6 is 0 Å². The zero-order chi connectivity index (χ0) is 36.7. The van der Waals surface area contributed by atoms with E-state index < -0.39 is 23.3 Å². The number of hydrogen-bond donors (Lipinski definition) is 2. The number of hydrogen-bond acceptors (Lipinski definition) is 8. The highest BCUT2D eigenvalue weighted by Gasteiger charge is 2.49. The molecular formula is C43H37F3N6O2. The average Bonchev–Trinajstić information content (AvgIpc) is 3.83. The number of terminal acetylenes is 1. The molecule has 0 unspecified atom stereocenters. The molecular weight excluding hydrogens is 690 g/mol. The molecule has 2 N–H and O–H groups in total. The first kappa shape index (κ1) is 33.2. The number of rotatable bonds is 6. The van der Waals surface area contributed by atoms with Crippen LogP contribution in [0.4, 0.5) is 19.0 Å². The van der Waals surface area contributed by atoms with Gasteiger partial charge in [0, 0.05) is 54.7 Å². The molecule has 6 aromatic rings. The molecule has 2 aromatic heterocycles. The Hall–Kier alpha value is -5.44. The van der Waals surface area contributed by atoms with Gasteiger partial charge in [0.2, 0.25) is 0 Å². The fourth-order valence-electron chi connectivity index (χ4n) is 9.60. The number of anilines is 1. The minimum Gasteiger partial charge on any atom is -0.508 e. The molecule has 0 aliphatic carbocycles. The van der Waals surface area contributed by atoms with Crippen LogP contribution in [0.25, 0.3) is 55.0 Å². The third-order valence-electron chi connectivity index (χ3n) is 12.0. The van der Waals surface area contributed by atoms with E-state index in [2.05, 4.69) is 21.0 Å². The fraction of sp³-hybridized carbons (Fsp3) is 0.326. The summed E-state index contributed by atoms with van der Waals surface area (Å²) in [5.74, 6) is 1.34. The molecule has 0 spiro atoms. The van der Waals surface area contributed by atoms with Gasteiger partial charge in [-0.1, -0.05) is 54.5 Å². The number of benzene rings is 4. The lowest BCUT2D eigenvalue weighted by molar-refractivity contribution is 0.107. The Balaban J connectivity index is 1.27. The average molecular weight is 727 g/mol. The minimum absolute atomic E-state index is 0.0112. The van der Waals surface area contributed by atoms with Crippen molar-refractivity contribution in [2.24, 2.45) is 0 Å². The number of aromatic hydroxyl groups is 1. The molecule has 0 saturated carbocycles. The third kappa shape index (κ3) is 5.26. The van der Waals surface area contributed by atoms with E-state index in [-0.39, 0.29) is 58.2 Å². The summed E-state index contributed by atoms with van der Waals surface area (Å²) in [7, 11) is 0. The molecule has 8 nitrogen and oxygen atoms in total. The van der Waals surface area contributed by atoms with Gasteiger partial charge in [0.15, 0.2) is 5.82 Å². The van der Waals surface area contributed by atoms with Gasteiger partial charge < -0.3 is 20.1 Å². The molecule has 10 rings (SSSR count). The van der Waals surface area contributed by atoms with Crippen molar-refractivity contribution >= 4 is 38.3 Å². The Morgan fingerprint density at radius 2 is 1.72 bits per heavy atom. The zero-order valence-electron chi connectivity index (χ0n) is 29.5. The lowest BCUT2D eigenvalue weighted by atomic mass is 9.94. The maximum absolute atomic E-state index is 17.7. The highest BCUT2D eigenvalue weighted by molar-refractivity contribution is 6.10. The summed E-state index contributed by atoms with van der Waals surface area (Å²) in [6, 6.07) is 19.8. The van der Waals surface area contributed by atoms with Gasteiger partial charge in [0.05, 0.1) is 22.2 Å². The van der Waals surface area contributed by atoms with Crippen LogP contribution in [0, 0.1) is 24.0 Å². The van der Waals surface area contributed by atoms with Gasteiger partial charge in [-0.15, -0.1) is 6.42 Å². The van der Waals surface area contributed by atoms with Crippen molar-refractivity contribution in [3.63, 3.8) is 0 Å². The van der Waals surface area contributed by atoms with Crippen molar-refractivity contribution in [2.45, 2.75) is 55.9 Å². The molecule has 2 bridgehead atoms. The Bertz CT molecular complexity index is 2540. The number of fused-ring (bicyclic) bond motifs is 6. The molecule has 4 aliphatic rings. The lowest BCUT2D eigenvalue weighted by Crippen LogP contribution is -2.51. The maximum Gasteiger partial charge on any atom is 0.319 e. The number of piperazine rings is 1. The number of phenolic OH excluding ortho intramolecular Hbond substituents is 1. The van der Waals surface area contributed by atoms with E-state index in [1.807, 2.05) is 42.5 Å². The van der Waals surface area contributed by atoms with Crippen molar-refractivity contribution in [1.29, 1.82) is 0 Å². The highest BCUT2D eigenvalue weighted by Crippen LogP contribution is 2.45. The number of nitrogens with zero attached hydrogens (tertiary/aromatic N) is 5. The predicted octanol–water partition coefficient (Wildman–Crippen LogP) is 7.53. The van der Waals surface area contributed by atoms with Crippen LogP contribution in [0.2, 0.25) is 0 Å². The van der Waals surface area contributed by atoms with Gasteiger partial charge in [-0.05, 0) is 66.6 Å². The summed E-state index contributed by atoms with van der Waals surface area (Å²) >= 11 is 0. The van der Waals surface area contributed by atoms with Gasteiger partial charge in [0.1, 0.15) is 41.4 Å². The number of aromatic nitrogens is 3. The number of pyridine rings is 1. The predicted molar refractivity (Wildman–Crippen MR) is 203 cm³/mol. The van der Waals surface area contributed by atoms with E-state index in [4.69, 9.17) is 26.1 Å².